The molecule has 0 atom stereocenters. The maximum atomic E-state index is 14.5. The van der Waals surface area contributed by atoms with Crippen LogP contribution < -0.4 is 0 Å². The van der Waals surface area contributed by atoms with Gasteiger partial charge in [0.2, 0.25) is 0 Å². The van der Waals surface area contributed by atoms with Gasteiger partial charge in [0.15, 0.2) is 11.5 Å². The van der Waals surface area contributed by atoms with Crippen LogP contribution in [0.3, 0.4) is 0 Å². The maximum Gasteiger partial charge on any atom is 0.161 e. The third kappa shape index (κ3) is 3.83. The Balaban J connectivity index is 1.46. The Kier molecular flexibility index (Phi) is 5.08. The smallest absolute Gasteiger partial charge is 0.161 e. The summed E-state index contributed by atoms with van der Waals surface area (Å²) in [6.07, 6.45) is 3.68. The second-order valence-electron chi connectivity index (χ2n) is 8.75. The lowest BCUT2D eigenvalue weighted by molar-refractivity contribution is 0.402. The van der Waals surface area contributed by atoms with E-state index in [4.69, 9.17) is 9.97 Å². The molecule has 6 aromatic rings. The van der Waals surface area contributed by atoms with E-state index in [1.165, 1.54) is 6.07 Å². The second-order valence-corrected chi connectivity index (χ2v) is 8.75. The van der Waals surface area contributed by atoms with Crippen molar-refractivity contribution in [2.45, 2.75) is 6.54 Å². The summed E-state index contributed by atoms with van der Waals surface area (Å²) in [5.74, 6) is 0.283. The summed E-state index contributed by atoms with van der Waals surface area (Å²) in [4.78, 5) is 19.5. The number of hydrogen-bond donors (Lipinski definition) is 2. The Hall–Kier alpha value is -4.43. The van der Waals surface area contributed by atoms with Gasteiger partial charge >= 0.3 is 0 Å². The molecule has 0 radical (unpaired) electrons. The van der Waals surface area contributed by atoms with Crippen molar-refractivity contribution in [3.05, 3.63) is 84.4 Å². The Bertz CT molecular complexity index is 1680. The minimum atomic E-state index is -0.286. The number of H-pyrrole nitrogens is 2. The molecule has 4 heterocycles. The van der Waals surface area contributed by atoms with Crippen LogP contribution in [0.4, 0.5) is 4.39 Å². The van der Waals surface area contributed by atoms with Crippen molar-refractivity contribution >= 4 is 22.1 Å². The molecule has 2 aromatic carbocycles. The van der Waals surface area contributed by atoms with Crippen molar-refractivity contribution in [3.8, 4) is 33.9 Å². The molecule has 7 nitrogen and oxygen atoms in total. The van der Waals surface area contributed by atoms with E-state index >= 15 is 0 Å². The fourth-order valence-corrected chi connectivity index (χ4v) is 4.35. The zero-order chi connectivity index (χ0) is 23.9. The number of hydrogen-bond acceptors (Lipinski definition) is 5. The van der Waals surface area contributed by atoms with Gasteiger partial charge in [-0.15, -0.1) is 0 Å². The number of aromatic nitrogens is 6. The van der Waals surface area contributed by atoms with E-state index in [0.717, 1.165) is 40.0 Å². The first-order valence-electron chi connectivity index (χ1n) is 11.2. The summed E-state index contributed by atoms with van der Waals surface area (Å²) >= 11 is 0. The first kappa shape index (κ1) is 21.1. The van der Waals surface area contributed by atoms with Crippen molar-refractivity contribution in [3.63, 3.8) is 0 Å². The number of nitrogens with zero attached hydrogens (tertiary/aromatic N) is 5. The van der Waals surface area contributed by atoms with E-state index < -0.39 is 0 Å². The molecule has 0 fully saturated rings. The highest BCUT2D eigenvalue weighted by Crippen LogP contribution is 2.32. The minimum Gasteiger partial charge on any atom is -0.336 e. The van der Waals surface area contributed by atoms with E-state index in [1.807, 2.05) is 62.9 Å². The lowest BCUT2D eigenvalue weighted by atomic mass is 10.0. The van der Waals surface area contributed by atoms with Crippen LogP contribution >= 0.6 is 0 Å². The van der Waals surface area contributed by atoms with Crippen LogP contribution in [-0.4, -0.2) is 49.1 Å². The van der Waals surface area contributed by atoms with Gasteiger partial charge < -0.3 is 9.88 Å². The fourth-order valence-electron chi connectivity index (χ4n) is 4.35. The summed E-state index contributed by atoms with van der Waals surface area (Å²) in [5, 5.41) is 7.54. The molecule has 0 aliphatic rings. The Morgan fingerprint density at radius 3 is 2.57 bits per heavy atom. The Labute approximate surface area is 200 Å². The first-order valence-corrected chi connectivity index (χ1v) is 11.2. The number of benzene rings is 2. The second kappa shape index (κ2) is 8.41. The normalized spacial score (nSPS) is 11.7. The molecule has 8 heteroatoms. The highest BCUT2D eigenvalue weighted by atomic mass is 19.1. The average Bonchev–Trinajstić information content (AvgIpc) is 3.47. The van der Waals surface area contributed by atoms with Crippen LogP contribution in [0.25, 0.3) is 56.0 Å². The number of halogens is 1. The van der Waals surface area contributed by atoms with Crippen LogP contribution in [-0.2, 0) is 6.54 Å². The van der Waals surface area contributed by atoms with Gasteiger partial charge in [0.05, 0.1) is 22.2 Å². The Morgan fingerprint density at radius 2 is 1.71 bits per heavy atom. The molecule has 0 bridgehead atoms. The number of para-hydroxylation sites is 1. The van der Waals surface area contributed by atoms with Gasteiger partial charge in [-0.05, 0) is 50.0 Å². The van der Waals surface area contributed by atoms with E-state index in [9.17, 15) is 4.39 Å². The zero-order valence-electron chi connectivity index (χ0n) is 19.2. The van der Waals surface area contributed by atoms with Crippen molar-refractivity contribution in [2.75, 3.05) is 14.1 Å². The van der Waals surface area contributed by atoms with Crippen LogP contribution in [0.15, 0.2) is 73.1 Å². The van der Waals surface area contributed by atoms with E-state index in [-0.39, 0.29) is 5.82 Å². The number of nitrogens with one attached hydrogen (secondary N) is 2. The molecule has 0 aliphatic carbocycles. The average molecular weight is 464 g/mol. The van der Waals surface area contributed by atoms with Crippen molar-refractivity contribution in [2.24, 2.45) is 0 Å². The summed E-state index contributed by atoms with van der Waals surface area (Å²) in [5.41, 5.74) is 7.67. The SMILES string of the molecule is CN(C)Cc1cncc(-c2ccc3[nH]nc(-c4nc5c(-c6ccccc6F)cccc5[nH]4)c3n2)c1. The van der Waals surface area contributed by atoms with E-state index in [1.54, 1.807) is 12.1 Å². The summed E-state index contributed by atoms with van der Waals surface area (Å²) in [6, 6.07) is 18.4. The predicted molar refractivity (Wildman–Crippen MR) is 135 cm³/mol. The number of imidazole rings is 1. The van der Waals surface area contributed by atoms with Gasteiger partial charge in [-0.2, -0.15) is 5.10 Å². The monoisotopic (exact) mass is 463 g/mol. The highest BCUT2D eigenvalue weighted by Gasteiger charge is 2.18. The third-order valence-electron chi connectivity index (χ3n) is 5.90. The van der Waals surface area contributed by atoms with Crippen LogP contribution in [0.5, 0.6) is 0 Å². The van der Waals surface area contributed by atoms with Crippen molar-refractivity contribution in [1.29, 1.82) is 0 Å². The molecule has 0 spiro atoms. The maximum absolute atomic E-state index is 14.5. The van der Waals surface area contributed by atoms with Gasteiger partial charge in [0, 0.05) is 35.6 Å². The summed E-state index contributed by atoms with van der Waals surface area (Å²) in [6.45, 7) is 0.795. The molecule has 35 heavy (non-hydrogen) atoms. The van der Waals surface area contributed by atoms with Crippen LogP contribution in [0.2, 0.25) is 0 Å². The number of pyridine rings is 2. The molecule has 0 amide bonds. The lowest BCUT2D eigenvalue weighted by Crippen LogP contribution is -2.10. The summed E-state index contributed by atoms with van der Waals surface area (Å²) < 4.78 is 14.5. The standard InChI is InChI=1S/C27H22FN7/c1-35(2)15-16-12-17(14-29-13-16)21-10-11-23-25(30-21)26(34-33-23)27-31-22-9-5-7-19(24(22)32-27)18-6-3-4-8-20(18)28/h3-14H,15H2,1-2H3,(H,31,32)(H,33,34). The van der Waals surface area contributed by atoms with Gasteiger partial charge in [0.25, 0.3) is 0 Å². The van der Waals surface area contributed by atoms with Crippen LogP contribution in [0, 0.1) is 5.82 Å². The first-order chi connectivity index (χ1) is 17.1. The van der Waals surface area contributed by atoms with Gasteiger partial charge in [-0.25, -0.2) is 14.4 Å². The predicted octanol–water partition coefficient (Wildman–Crippen LogP) is 5.43. The van der Waals surface area contributed by atoms with E-state index in [2.05, 4.69) is 31.1 Å². The minimum absolute atomic E-state index is 0.286. The van der Waals surface area contributed by atoms with Gasteiger partial charge in [-0.3, -0.25) is 10.1 Å². The van der Waals surface area contributed by atoms with Crippen LogP contribution in [0.1, 0.15) is 5.56 Å². The topological polar surface area (TPSA) is 86.4 Å². The largest absolute Gasteiger partial charge is 0.336 e. The zero-order valence-corrected chi connectivity index (χ0v) is 19.2. The molecular formula is C27H22FN7. The number of fused-ring (bicyclic) bond motifs is 2. The lowest BCUT2D eigenvalue weighted by Gasteiger charge is -2.10. The number of aromatic amines is 2. The molecule has 4 aromatic heterocycles. The molecule has 6 rings (SSSR count). The molecule has 172 valence electrons. The molecule has 0 aliphatic heterocycles. The molecule has 0 unspecified atom stereocenters. The van der Waals surface area contributed by atoms with Gasteiger partial charge in [0.1, 0.15) is 11.3 Å². The molecule has 0 saturated carbocycles. The van der Waals surface area contributed by atoms with Crippen molar-refractivity contribution in [1.82, 2.24) is 35.0 Å². The molecule has 0 saturated heterocycles. The van der Waals surface area contributed by atoms with E-state index in [0.29, 0.717) is 28.1 Å². The third-order valence-corrected chi connectivity index (χ3v) is 5.90. The van der Waals surface area contributed by atoms with Crippen molar-refractivity contribution < 1.29 is 4.39 Å². The molecule has 2 N–H and O–H groups in total. The van der Waals surface area contributed by atoms with Gasteiger partial charge in [-0.1, -0.05) is 30.3 Å². The highest BCUT2D eigenvalue weighted by molar-refractivity contribution is 5.96. The number of rotatable bonds is 5. The summed E-state index contributed by atoms with van der Waals surface area (Å²) in [7, 11) is 4.05. The fraction of sp³-hybridized carbons (Fsp3) is 0.111. The Morgan fingerprint density at radius 1 is 0.857 bits per heavy atom. The molecular weight excluding hydrogens is 441 g/mol. The quantitative estimate of drug-likeness (QED) is 0.356.